The van der Waals surface area contributed by atoms with Crippen molar-refractivity contribution in [1.29, 1.82) is 0 Å². The lowest BCUT2D eigenvalue weighted by Crippen LogP contribution is -2.46. The highest BCUT2D eigenvalue weighted by Crippen LogP contribution is 2.17. The molecule has 1 fully saturated rings. The SMILES string of the molecule is CCOC(=O)N1CCC(NC(=O)c2ccc(OCc3ccc4ccccc4n3)cc2)CC1. The smallest absolute Gasteiger partial charge is 0.409 e. The van der Waals surface area contributed by atoms with Crippen molar-refractivity contribution in [2.75, 3.05) is 19.7 Å². The summed E-state index contributed by atoms with van der Waals surface area (Å²) in [6.45, 7) is 3.68. The van der Waals surface area contributed by atoms with Gasteiger partial charge in [-0.1, -0.05) is 24.3 Å². The fourth-order valence-electron chi connectivity index (χ4n) is 3.74. The van der Waals surface area contributed by atoms with E-state index >= 15 is 0 Å². The van der Waals surface area contributed by atoms with Crippen LogP contribution < -0.4 is 10.1 Å². The quantitative estimate of drug-likeness (QED) is 0.631. The second kappa shape index (κ2) is 10.1. The Labute approximate surface area is 187 Å². The van der Waals surface area contributed by atoms with Crippen molar-refractivity contribution in [3.05, 3.63) is 71.9 Å². The van der Waals surface area contributed by atoms with Crippen LogP contribution in [0.2, 0.25) is 0 Å². The van der Waals surface area contributed by atoms with E-state index in [1.54, 1.807) is 36.1 Å². The van der Waals surface area contributed by atoms with Crippen LogP contribution in [-0.4, -0.2) is 47.6 Å². The molecule has 1 aromatic heterocycles. The molecule has 2 amide bonds. The number of nitrogens with zero attached hydrogens (tertiary/aromatic N) is 2. The highest BCUT2D eigenvalue weighted by Gasteiger charge is 2.24. The number of likely N-dealkylation sites (tertiary alicyclic amines) is 1. The van der Waals surface area contributed by atoms with Crippen LogP contribution in [0.15, 0.2) is 60.7 Å². The molecule has 1 aliphatic rings. The first-order valence-corrected chi connectivity index (χ1v) is 10.9. The topological polar surface area (TPSA) is 80.8 Å². The maximum atomic E-state index is 12.6. The Morgan fingerprint density at radius 1 is 1.03 bits per heavy atom. The number of benzene rings is 2. The molecule has 0 aliphatic carbocycles. The van der Waals surface area contributed by atoms with E-state index in [9.17, 15) is 9.59 Å². The van der Waals surface area contributed by atoms with E-state index in [-0.39, 0.29) is 18.0 Å². The molecule has 0 radical (unpaired) electrons. The number of rotatable bonds is 6. The maximum Gasteiger partial charge on any atom is 0.409 e. The Kier molecular flexibility index (Phi) is 6.84. The van der Waals surface area contributed by atoms with Crippen LogP contribution in [0, 0.1) is 0 Å². The van der Waals surface area contributed by atoms with Crippen LogP contribution in [0.3, 0.4) is 0 Å². The summed E-state index contributed by atoms with van der Waals surface area (Å²) in [4.78, 5) is 30.7. The summed E-state index contributed by atoms with van der Waals surface area (Å²) in [6, 6.07) is 19.1. The minimum absolute atomic E-state index is 0.0445. The summed E-state index contributed by atoms with van der Waals surface area (Å²) in [5.41, 5.74) is 2.36. The second-order valence-corrected chi connectivity index (χ2v) is 7.74. The van der Waals surface area contributed by atoms with E-state index in [0.29, 0.717) is 50.5 Å². The largest absolute Gasteiger partial charge is 0.487 e. The molecule has 1 saturated heterocycles. The molecule has 2 heterocycles. The summed E-state index contributed by atoms with van der Waals surface area (Å²) in [7, 11) is 0. The van der Waals surface area contributed by atoms with Crippen molar-refractivity contribution < 1.29 is 19.1 Å². The minimum atomic E-state index is -0.285. The third-order valence-electron chi connectivity index (χ3n) is 5.52. The number of carbonyl (C=O) groups is 2. The lowest BCUT2D eigenvalue weighted by atomic mass is 10.0. The fourth-order valence-corrected chi connectivity index (χ4v) is 3.74. The summed E-state index contributed by atoms with van der Waals surface area (Å²) in [5, 5.41) is 4.15. The highest BCUT2D eigenvalue weighted by atomic mass is 16.6. The van der Waals surface area contributed by atoms with Crippen molar-refractivity contribution in [2.24, 2.45) is 0 Å². The number of aromatic nitrogens is 1. The average molecular weight is 434 g/mol. The molecule has 1 aliphatic heterocycles. The van der Waals surface area contributed by atoms with Gasteiger partial charge in [-0.15, -0.1) is 0 Å². The van der Waals surface area contributed by atoms with Gasteiger partial charge in [0.05, 0.1) is 17.8 Å². The fraction of sp³-hybridized carbons (Fsp3) is 0.320. The standard InChI is InChI=1S/C25H27N3O4/c1-2-31-25(30)28-15-13-20(14-16-28)27-24(29)19-8-11-22(12-9-19)32-17-21-10-7-18-5-3-4-6-23(18)26-21/h3-12,20H,2,13-17H2,1H3,(H,27,29). The summed E-state index contributed by atoms with van der Waals surface area (Å²) >= 11 is 0. The van der Waals surface area contributed by atoms with Gasteiger partial charge in [0, 0.05) is 30.1 Å². The van der Waals surface area contributed by atoms with Crippen LogP contribution in [0.5, 0.6) is 5.75 Å². The Morgan fingerprint density at radius 2 is 1.78 bits per heavy atom. The number of amides is 2. The van der Waals surface area contributed by atoms with Crippen molar-refractivity contribution in [1.82, 2.24) is 15.2 Å². The average Bonchev–Trinajstić information content (AvgIpc) is 2.83. The van der Waals surface area contributed by atoms with Gasteiger partial charge >= 0.3 is 6.09 Å². The van der Waals surface area contributed by atoms with Crippen molar-refractivity contribution >= 4 is 22.9 Å². The van der Waals surface area contributed by atoms with Gasteiger partial charge in [0.15, 0.2) is 0 Å². The number of para-hydroxylation sites is 1. The van der Waals surface area contributed by atoms with E-state index in [1.165, 1.54) is 0 Å². The molecule has 0 saturated carbocycles. The summed E-state index contributed by atoms with van der Waals surface area (Å²) < 4.78 is 10.9. The van der Waals surface area contributed by atoms with E-state index in [1.807, 2.05) is 36.4 Å². The lowest BCUT2D eigenvalue weighted by molar-refractivity contribution is 0.0860. The molecule has 7 nitrogen and oxygen atoms in total. The van der Waals surface area contributed by atoms with Crippen molar-refractivity contribution in [3.63, 3.8) is 0 Å². The number of hydrogen-bond donors (Lipinski definition) is 1. The number of piperidine rings is 1. The predicted octanol–water partition coefficient (Wildman–Crippen LogP) is 4.16. The lowest BCUT2D eigenvalue weighted by Gasteiger charge is -2.31. The van der Waals surface area contributed by atoms with Gasteiger partial charge in [0.1, 0.15) is 12.4 Å². The third-order valence-corrected chi connectivity index (χ3v) is 5.52. The Bertz CT molecular complexity index is 1080. The zero-order chi connectivity index (χ0) is 22.3. The van der Waals surface area contributed by atoms with Gasteiger partial charge in [-0.05, 0) is 56.2 Å². The van der Waals surface area contributed by atoms with Gasteiger partial charge in [-0.2, -0.15) is 0 Å². The zero-order valence-electron chi connectivity index (χ0n) is 18.1. The highest BCUT2D eigenvalue weighted by molar-refractivity contribution is 5.94. The van der Waals surface area contributed by atoms with Crippen molar-refractivity contribution in [3.8, 4) is 5.75 Å². The Morgan fingerprint density at radius 3 is 2.53 bits per heavy atom. The van der Waals surface area contributed by atoms with E-state index in [0.717, 1.165) is 16.6 Å². The number of fused-ring (bicyclic) bond motifs is 1. The first-order chi connectivity index (χ1) is 15.6. The first-order valence-electron chi connectivity index (χ1n) is 10.9. The monoisotopic (exact) mass is 433 g/mol. The molecule has 166 valence electrons. The molecule has 0 spiro atoms. The Balaban J connectivity index is 1.26. The predicted molar refractivity (Wildman–Crippen MR) is 122 cm³/mol. The molecule has 0 atom stereocenters. The molecular formula is C25H27N3O4. The van der Waals surface area contributed by atoms with E-state index < -0.39 is 0 Å². The number of ether oxygens (including phenoxy) is 2. The summed E-state index contributed by atoms with van der Waals surface area (Å²) in [5.74, 6) is 0.557. The molecule has 3 aromatic rings. The van der Waals surface area contributed by atoms with Crippen LogP contribution >= 0.6 is 0 Å². The zero-order valence-corrected chi connectivity index (χ0v) is 18.1. The van der Waals surface area contributed by atoms with Gasteiger partial charge < -0.3 is 19.7 Å². The van der Waals surface area contributed by atoms with Crippen LogP contribution in [0.25, 0.3) is 10.9 Å². The van der Waals surface area contributed by atoms with Gasteiger partial charge in [0.2, 0.25) is 0 Å². The molecule has 0 unspecified atom stereocenters. The third kappa shape index (κ3) is 5.35. The normalized spacial score (nSPS) is 14.2. The van der Waals surface area contributed by atoms with Crippen LogP contribution in [0.4, 0.5) is 4.79 Å². The van der Waals surface area contributed by atoms with Crippen LogP contribution in [-0.2, 0) is 11.3 Å². The molecule has 32 heavy (non-hydrogen) atoms. The van der Waals surface area contributed by atoms with Crippen LogP contribution in [0.1, 0.15) is 35.8 Å². The molecular weight excluding hydrogens is 406 g/mol. The van der Waals surface area contributed by atoms with E-state index in [4.69, 9.17) is 9.47 Å². The second-order valence-electron chi connectivity index (χ2n) is 7.74. The molecule has 1 N–H and O–H groups in total. The molecule has 7 heteroatoms. The molecule has 0 bridgehead atoms. The molecule has 2 aromatic carbocycles. The number of nitrogens with one attached hydrogen (secondary N) is 1. The van der Waals surface area contributed by atoms with Gasteiger partial charge in [-0.3, -0.25) is 4.79 Å². The molecule has 4 rings (SSSR count). The number of hydrogen-bond acceptors (Lipinski definition) is 5. The first kappa shape index (κ1) is 21.6. The Hall–Kier alpha value is -3.61. The van der Waals surface area contributed by atoms with Gasteiger partial charge in [0.25, 0.3) is 5.91 Å². The minimum Gasteiger partial charge on any atom is -0.487 e. The van der Waals surface area contributed by atoms with E-state index in [2.05, 4.69) is 10.3 Å². The number of pyridine rings is 1. The number of carbonyl (C=O) groups excluding carboxylic acids is 2. The maximum absolute atomic E-state index is 12.6. The van der Waals surface area contributed by atoms with Crippen molar-refractivity contribution in [2.45, 2.75) is 32.4 Å². The summed E-state index contributed by atoms with van der Waals surface area (Å²) in [6.07, 6.45) is 1.14. The van der Waals surface area contributed by atoms with Gasteiger partial charge in [-0.25, -0.2) is 9.78 Å².